The van der Waals surface area contributed by atoms with Crippen molar-refractivity contribution in [3.05, 3.63) is 65.2 Å². The van der Waals surface area contributed by atoms with Crippen molar-refractivity contribution in [2.75, 3.05) is 11.9 Å². The highest BCUT2D eigenvalue weighted by atomic mass is 19.4. The highest BCUT2D eigenvalue weighted by molar-refractivity contribution is 6.02. The zero-order valence-corrected chi connectivity index (χ0v) is 15.2. The number of para-hydroxylation sites is 1. The van der Waals surface area contributed by atoms with Gasteiger partial charge in [-0.1, -0.05) is 25.1 Å². The Morgan fingerprint density at radius 1 is 1.00 bits per heavy atom. The van der Waals surface area contributed by atoms with Gasteiger partial charge in [0, 0.05) is 17.3 Å². The summed E-state index contributed by atoms with van der Waals surface area (Å²) in [5.74, 6) is -0.389. The number of hydrogen-bond donors (Lipinski definition) is 1. The average Bonchev–Trinajstić information content (AvgIpc) is 2.63. The number of rotatable bonds is 6. The van der Waals surface area contributed by atoms with E-state index in [0.29, 0.717) is 30.1 Å². The van der Waals surface area contributed by atoms with Crippen molar-refractivity contribution in [3.63, 3.8) is 0 Å². The minimum Gasteiger partial charge on any atom is -0.493 e. The first kappa shape index (κ1) is 22.3. The summed E-state index contributed by atoms with van der Waals surface area (Å²) in [5.41, 5.74) is -3.09. The Morgan fingerprint density at radius 2 is 1.59 bits per heavy atom. The van der Waals surface area contributed by atoms with E-state index in [-0.39, 0.29) is 6.07 Å². The van der Waals surface area contributed by atoms with Gasteiger partial charge in [0.1, 0.15) is 5.75 Å². The molecule has 2 aromatic rings. The number of ether oxygens (including phenoxy) is 1. The van der Waals surface area contributed by atoms with Crippen LogP contribution in [0.5, 0.6) is 5.75 Å². The molecule has 0 unspecified atom stereocenters. The van der Waals surface area contributed by atoms with Crippen molar-refractivity contribution in [2.45, 2.75) is 25.7 Å². The highest BCUT2D eigenvalue weighted by Crippen LogP contribution is 2.37. The second kappa shape index (κ2) is 9.02. The third-order valence-electron chi connectivity index (χ3n) is 3.65. The Balaban J connectivity index is 2.24. The number of carbonyl (C=O) groups is 1. The van der Waals surface area contributed by atoms with Gasteiger partial charge in [-0.2, -0.15) is 26.3 Å². The van der Waals surface area contributed by atoms with Crippen molar-refractivity contribution in [1.82, 2.24) is 0 Å². The summed E-state index contributed by atoms with van der Waals surface area (Å²) in [5, 5.41) is 2.03. The number of halogens is 6. The quantitative estimate of drug-likeness (QED) is 0.451. The summed E-state index contributed by atoms with van der Waals surface area (Å²) < 4.78 is 82.8. The van der Waals surface area contributed by atoms with E-state index >= 15 is 0 Å². The van der Waals surface area contributed by atoms with Crippen LogP contribution < -0.4 is 10.1 Å². The SMILES string of the molecule is CCCOc1ccccc1/C=C/C(=O)Nc1cc(C(F)(F)F)cc(C(F)(F)F)c1. The molecule has 0 radical (unpaired) electrons. The molecule has 0 aliphatic rings. The second-order valence-corrected chi connectivity index (χ2v) is 6.00. The predicted molar refractivity (Wildman–Crippen MR) is 96.3 cm³/mol. The Labute approximate surface area is 163 Å². The van der Waals surface area contributed by atoms with Gasteiger partial charge in [0.25, 0.3) is 0 Å². The molecule has 0 aromatic heterocycles. The number of carbonyl (C=O) groups excluding carboxylic acids is 1. The zero-order valence-electron chi connectivity index (χ0n) is 15.2. The molecule has 1 amide bonds. The molecule has 29 heavy (non-hydrogen) atoms. The van der Waals surface area contributed by atoms with E-state index in [1.807, 2.05) is 12.2 Å². The molecule has 0 heterocycles. The topological polar surface area (TPSA) is 38.3 Å². The maximum absolute atomic E-state index is 12.9. The van der Waals surface area contributed by atoms with E-state index in [4.69, 9.17) is 4.74 Å². The second-order valence-electron chi connectivity index (χ2n) is 6.00. The van der Waals surface area contributed by atoms with Crippen LogP contribution in [0.25, 0.3) is 6.08 Å². The molecular formula is C20H17F6NO2. The standard InChI is InChI=1S/C20H17F6NO2/c1-2-9-29-17-6-4-3-5-13(17)7-8-18(28)27-16-11-14(19(21,22)23)10-15(12-16)20(24,25)26/h3-8,10-12H,2,9H2,1H3,(H,27,28)/b8-7+. The lowest BCUT2D eigenvalue weighted by Crippen LogP contribution is -2.14. The van der Waals surface area contributed by atoms with Crippen molar-refractivity contribution in [3.8, 4) is 5.75 Å². The molecule has 0 atom stereocenters. The summed E-state index contributed by atoms with van der Waals surface area (Å²) >= 11 is 0. The van der Waals surface area contributed by atoms with E-state index in [1.165, 1.54) is 6.08 Å². The molecule has 2 rings (SSSR count). The summed E-state index contributed by atoms with van der Waals surface area (Å²) in [7, 11) is 0. The van der Waals surface area contributed by atoms with Crippen molar-refractivity contribution >= 4 is 17.7 Å². The minimum atomic E-state index is -4.99. The molecule has 9 heteroatoms. The number of amides is 1. The number of alkyl halides is 6. The van der Waals surface area contributed by atoms with Gasteiger partial charge in [-0.15, -0.1) is 0 Å². The lowest BCUT2D eigenvalue weighted by molar-refractivity contribution is -0.143. The fourth-order valence-electron chi connectivity index (χ4n) is 2.34. The summed E-state index contributed by atoms with van der Waals surface area (Å²) in [4.78, 5) is 12.0. The first-order valence-electron chi connectivity index (χ1n) is 8.51. The molecule has 0 bridgehead atoms. The van der Waals surface area contributed by atoms with Crippen LogP contribution in [0, 0.1) is 0 Å². The lowest BCUT2D eigenvalue weighted by atomic mass is 10.1. The van der Waals surface area contributed by atoms with Crippen LogP contribution in [-0.4, -0.2) is 12.5 Å². The van der Waals surface area contributed by atoms with Crippen molar-refractivity contribution < 1.29 is 35.9 Å². The van der Waals surface area contributed by atoms with E-state index in [1.54, 1.807) is 24.3 Å². The van der Waals surface area contributed by atoms with E-state index in [0.717, 1.165) is 12.5 Å². The molecular weight excluding hydrogens is 400 g/mol. The highest BCUT2D eigenvalue weighted by Gasteiger charge is 2.37. The molecule has 0 fully saturated rings. The molecule has 0 aliphatic carbocycles. The number of hydrogen-bond acceptors (Lipinski definition) is 2. The molecule has 1 N–H and O–H groups in total. The maximum atomic E-state index is 12.9. The molecule has 0 spiro atoms. The number of nitrogens with one attached hydrogen (secondary N) is 1. The van der Waals surface area contributed by atoms with Crippen LogP contribution in [0.3, 0.4) is 0 Å². The Morgan fingerprint density at radius 3 is 2.14 bits per heavy atom. The van der Waals surface area contributed by atoms with E-state index in [2.05, 4.69) is 0 Å². The molecule has 0 aliphatic heterocycles. The van der Waals surface area contributed by atoms with Crippen LogP contribution in [0.1, 0.15) is 30.0 Å². The molecule has 0 saturated carbocycles. The normalized spacial score (nSPS) is 12.2. The lowest BCUT2D eigenvalue weighted by Gasteiger charge is -2.14. The predicted octanol–water partition coefficient (Wildman–Crippen LogP) is 6.16. The molecule has 0 saturated heterocycles. The smallest absolute Gasteiger partial charge is 0.416 e. The third-order valence-corrected chi connectivity index (χ3v) is 3.65. The van der Waals surface area contributed by atoms with Gasteiger partial charge in [0.2, 0.25) is 5.91 Å². The Hall–Kier alpha value is -2.97. The maximum Gasteiger partial charge on any atom is 0.416 e. The molecule has 3 nitrogen and oxygen atoms in total. The summed E-state index contributed by atoms with van der Waals surface area (Å²) in [6.45, 7) is 2.36. The molecule has 2 aromatic carbocycles. The van der Waals surface area contributed by atoms with Crippen LogP contribution in [0.2, 0.25) is 0 Å². The Bertz CT molecular complexity index is 855. The molecule has 156 valence electrons. The van der Waals surface area contributed by atoms with Gasteiger partial charge in [0.05, 0.1) is 17.7 Å². The fraction of sp³-hybridized carbons (Fsp3) is 0.250. The van der Waals surface area contributed by atoms with Gasteiger partial charge in [-0.25, -0.2) is 0 Å². The van der Waals surface area contributed by atoms with Gasteiger partial charge in [-0.3, -0.25) is 4.79 Å². The van der Waals surface area contributed by atoms with Crippen LogP contribution in [0.15, 0.2) is 48.5 Å². The first-order chi connectivity index (χ1) is 13.5. The number of benzene rings is 2. The van der Waals surface area contributed by atoms with Gasteiger partial charge in [0.15, 0.2) is 0 Å². The van der Waals surface area contributed by atoms with Gasteiger partial charge in [-0.05, 0) is 36.8 Å². The third kappa shape index (κ3) is 6.55. The van der Waals surface area contributed by atoms with Crippen LogP contribution in [0.4, 0.5) is 32.0 Å². The first-order valence-corrected chi connectivity index (χ1v) is 8.51. The van der Waals surface area contributed by atoms with Crippen LogP contribution >= 0.6 is 0 Å². The largest absolute Gasteiger partial charge is 0.493 e. The number of anilines is 1. The van der Waals surface area contributed by atoms with Crippen molar-refractivity contribution in [2.24, 2.45) is 0 Å². The fourth-order valence-corrected chi connectivity index (χ4v) is 2.34. The average molecular weight is 417 g/mol. The van der Waals surface area contributed by atoms with Crippen molar-refractivity contribution in [1.29, 1.82) is 0 Å². The Kier molecular flexibility index (Phi) is 6.94. The van der Waals surface area contributed by atoms with Gasteiger partial charge < -0.3 is 10.1 Å². The van der Waals surface area contributed by atoms with E-state index in [9.17, 15) is 31.1 Å². The van der Waals surface area contributed by atoms with Crippen LogP contribution in [-0.2, 0) is 17.1 Å². The zero-order chi connectivity index (χ0) is 21.7. The summed E-state index contributed by atoms with van der Waals surface area (Å²) in [6.07, 6.45) is -6.87. The summed E-state index contributed by atoms with van der Waals surface area (Å²) in [6, 6.07) is 7.63. The monoisotopic (exact) mass is 417 g/mol. The van der Waals surface area contributed by atoms with E-state index < -0.39 is 35.1 Å². The minimum absolute atomic E-state index is 0.00713. The van der Waals surface area contributed by atoms with Gasteiger partial charge >= 0.3 is 12.4 Å².